The molecule has 3 nitrogen and oxygen atoms in total. The first-order chi connectivity index (χ1) is 4.79. The highest BCUT2D eigenvalue weighted by molar-refractivity contribution is 7.15. The number of aromatic nitrogens is 1. The van der Waals surface area contributed by atoms with Crippen molar-refractivity contribution in [2.45, 2.75) is 0 Å². The van der Waals surface area contributed by atoms with Crippen LogP contribution in [0.15, 0.2) is 17.6 Å². The van der Waals surface area contributed by atoms with Gasteiger partial charge in [0, 0.05) is 17.6 Å². The number of nitrogen functional groups attached to an aromatic ring is 1. The van der Waals surface area contributed by atoms with Crippen LogP contribution < -0.4 is 5.73 Å². The van der Waals surface area contributed by atoms with Gasteiger partial charge in [0.15, 0.2) is 11.6 Å². The van der Waals surface area contributed by atoms with Gasteiger partial charge in [0.1, 0.15) is 4.83 Å². The van der Waals surface area contributed by atoms with Crippen molar-refractivity contribution in [3.63, 3.8) is 0 Å². The molecule has 0 fully saturated rings. The lowest BCUT2D eigenvalue weighted by Gasteiger charge is -1.88. The Bertz CT molecular complexity index is 363. The molecule has 0 aliphatic heterocycles. The quantitative estimate of drug-likeness (QED) is 0.600. The van der Waals surface area contributed by atoms with Crippen LogP contribution in [0.25, 0.3) is 4.83 Å². The summed E-state index contributed by atoms with van der Waals surface area (Å²) in [5.41, 5.74) is 5.50. The molecule has 2 heterocycles. The van der Waals surface area contributed by atoms with E-state index in [4.69, 9.17) is 10.8 Å². The molecule has 3 N–H and O–H groups in total. The second-order valence-electron chi connectivity index (χ2n) is 2.03. The second-order valence-corrected chi connectivity index (χ2v) is 2.95. The van der Waals surface area contributed by atoms with Crippen molar-refractivity contribution in [3.05, 3.63) is 17.6 Å². The maximum Gasteiger partial charge on any atom is 0.159 e. The zero-order valence-electron chi connectivity index (χ0n) is 5.11. The van der Waals surface area contributed by atoms with Gasteiger partial charge in [0.2, 0.25) is 0 Å². The highest BCUT2D eigenvalue weighted by Gasteiger charge is 2.04. The Labute approximate surface area is 61.3 Å². The van der Waals surface area contributed by atoms with Gasteiger partial charge in [0.05, 0.1) is 0 Å². The van der Waals surface area contributed by atoms with E-state index < -0.39 is 0 Å². The third-order valence-corrected chi connectivity index (χ3v) is 2.23. The molecule has 2 aromatic heterocycles. The van der Waals surface area contributed by atoms with Gasteiger partial charge in [-0.3, -0.25) is 4.40 Å². The molecule has 0 saturated heterocycles. The van der Waals surface area contributed by atoms with Crippen molar-refractivity contribution in [2.75, 3.05) is 5.73 Å². The van der Waals surface area contributed by atoms with Gasteiger partial charge in [-0.25, -0.2) is 0 Å². The van der Waals surface area contributed by atoms with Crippen LogP contribution in [-0.4, -0.2) is 9.51 Å². The number of nitrogens with zero attached hydrogens (tertiary/aromatic N) is 1. The van der Waals surface area contributed by atoms with Crippen molar-refractivity contribution in [2.24, 2.45) is 0 Å². The fraction of sp³-hybridized carbons (Fsp3) is 0. The summed E-state index contributed by atoms with van der Waals surface area (Å²) >= 11 is 1.55. The predicted molar refractivity (Wildman–Crippen MR) is 41.4 cm³/mol. The first-order valence-corrected chi connectivity index (χ1v) is 3.70. The molecule has 52 valence electrons. The second kappa shape index (κ2) is 1.67. The number of anilines is 1. The van der Waals surface area contributed by atoms with Gasteiger partial charge in [-0.05, 0) is 0 Å². The molecule has 4 heteroatoms. The van der Waals surface area contributed by atoms with Crippen molar-refractivity contribution in [3.8, 4) is 5.75 Å². The minimum Gasteiger partial charge on any atom is -0.504 e. The molecule has 2 aromatic rings. The van der Waals surface area contributed by atoms with Gasteiger partial charge >= 0.3 is 0 Å². The lowest BCUT2D eigenvalue weighted by atomic mass is 10.6. The highest BCUT2D eigenvalue weighted by Crippen LogP contribution is 2.27. The zero-order chi connectivity index (χ0) is 7.14. The molecule has 0 aliphatic rings. The van der Waals surface area contributed by atoms with Crippen molar-refractivity contribution < 1.29 is 5.11 Å². The average Bonchev–Trinajstić information content (AvgIpc) is 2.41. The molecular formula is C6H6N2OS. The van der Waals surface area contributed by atoms with E-state index in [0.717, 1.165) is 4.83 Å². The van der Waals surface area contributed by atoms with Gasteiger partial charge < -0.3 is 10.8 Å². The van der Waals surface area contributed by atoms with Crippen LogP contribution in [0.4, 0.5) is 5.82 Å². The first kappa shape index (κ1) is 5.61. The Hall–Kier alpha value is -1.16. The molecule has 0 spiro atoms. The normalized spacial score (nSPS) is 10.8. The molecule has 0 aliphatic carbocycles. The summed E-state index contributed by atoms with van der Waals surface area (Å²) in [6.07, 6.45) is 1.83. The van der Waals surface area contributed by atoms with E-state index in [1.165, 1.54) is 0 Å². The lowest BCUT2D eigenvalue weighted by molar-refractivity contribution is 0.478. The minimum atomic E-state index is 0.159. The summed E-state index contributed by atoms with van der Waals surface area (Å²) in [5, 5.41) is 11.0. The molecule has 0 radical (unpaired) electrons. The van der Waals surface area contributed by atoms with Crippen molar-refractivity contribution in [1.29, 1.82) is 0 Å². The van der Waals surface area contributed by atoms with Crippen LogP contribution >= 0.6 is 11.3 Å². The van der Waals surface area contributed by atoms with Crippen molar-refractivity contribution in [1.82, 2.24) is 4.40 Å². The van der Waals surface area contributed by atoms with E-state index >= 15 is 0 Å². The van der Waals surface area contributed by atoms with E-state index in [9.17, 15) is 0 Å². The van der Waals surface area contributed by atoms with E-state index in [1.807, 2.05) is 11.6 Å². The lowest BCUT2D eigenvalue weighted by Crippen LogP contribution is -1.88. The Morgan fingerprint density at radius 2 is 2.40 bits per heavy atom. The smallest absolute Gasteiger partial charge is 0.159 e. The number of rotatable bonds is 0. The minimum absolute atomic E-state index is 0.159. The fourth-order valence-electron chi connectivity index (χ4n) is 0.908. The highest BCUT2D eigenvalue weighted by atomic mass is 32.1. The molecule has 10 heavy (non-hydrogen) atoms. The van der Waals surface area contributed by atoms with E-state index in [0.29, 0.717) is 5.82 Å². The third-order valence-electron chi connectivity index (χ3n) is 1.42. The predicted octanol–water partition coefficient (Wildman–Crippen LogP) is 1.29. The van der Waals surface area contributed by atoms with Crippen LogP contribution in [0, 0.1) is 0 Å². The maximum atomic E-state index is 9.09. The number of nitrogens with two attached hydrogens (primary N) is 1. The number of thiazole rings is 1. The number of hydrogen-bond acceptors (Lipinski definition) is 3. The molecular weight excluding hydrogens is 148 g/mol. The molecule has 0 unspecified atom stereocenters. The molecule has 2 rings (SSSR count). The average molecular weight is 154 g/mol. The Kier molecular flexibility index (Phi) is 0.935. The van der Waals surface area contributed by atoms with Crippen LogP contribution in [0.1, 0.15) is 0 Å². The first-order valence-electron chi connectivity index (χ1n) is 2.82. The molecule has 0 atom stereocenters. The summed E-state index contributed by atoms with van der Waals surface area (Å²) in [6, 6.07) is 1.65. The Balaban J connectivity index is 2.95. The fourth-order valence-corrected chi connectivity index (χ4v) is 1.68. The Morgan fingerprint density at radius 3 is 3.10 bits per heavy atom. The monoisotopic (exact) mass is 154 g/mol. The Morgan fingerprint density at radius 1 is 1.60 bits per heavy atom. The van der Waals surface area contributed by atoms with Gasteiger partial charge in [-0.2, -0.15) is 0 Å². The standard InChI is InChI=1S/C6H6N2OS/c7-6-4(9)3-5-8(6)1-2-10-5/h1-3,9H,7H2. The summed E-state index contributed by atoms with van der Waals surface area (Å²) in [6.45, 7) is 0. The topological polar surface area (TPSA) is 50.7 Å². The van der Waals surface area contributed by atoms with Crippen LogP contribution in [-0.2, 0) is 0 Å². The van der Waals surface area contributed by atoms with E-state index in [2.05, 4.69) is 0 Å². The largest absolute Gasteiger partial charge is 0.504 e. The SMILES string of the molecule is Nc1c(O)cc2sccn12. The molecule has 0 bridgehead atoms. The summed E-state index contributed by atoms with van der Waals surface area (Å²) in [4.78, 5) is 0.968. The summed E-state index contributed by atoms with van der Waals surface area (Å²) in [5.74, 6) is 0.572. The molecule has 0 aromatic carbocycles. The summed E-state index contributed by atoms with van der Waals surface area (Å²) < 4.78 is 1.75. The maximum absolute atomic E-state index is 9.09. The van der Waals surface area contributed by atoms with E-state index in [1.54, 1.807) is 21.8 Å². The van der Waals surface area contributed by atoms with Gasteiger partial charge in [-0.15, -0.1) is 11.3 Å². The van der Waals surface area contributed by atoms with Crippen LogP contribution in [0.5, 0.6) is 5.75 Å². The van der Waals surface area contributed by atoms with Crippen LogP contribution in [0.2, 0.25) is 0 Å². The number of aromatic hydroxyl groups is 1. The van der Waals surface area contributed by atoms with Crippen LogP contribution in [0.3, 0.4) is 0 Å². The van der Waals surface area contributed by atoms with E-state index in [-0.39, 0.29) is 5.75 Å². The van der Waals surface area contributed by atoms with Gasteiger partial charge in [-0.1, -0.05) is 0 Å². The molecule has 0 saturated carbocycles. The molecule has 0 amide bonds. The van der Waals surface area contributed by atoms with Gasteiger partial charge in [0.25, 0.3) is 0 Å². The third kappa shape index (κ3) is 0.537. The zero-order valence-corrected chi connectivity index (χ0v) is 5.93. The number of hydrogen-bond donors (Lipinski definition) is 2. The van der Waals surface area contributed by atoms with Crippen molar-refractivity contribution >= 4 is 22.0 Å². The summed E-state index contributed by atoms with van der Waals surface area (Å²) in [7, 11) is 0. The number of fused-ring (bicyclic) bond motifs is 1.